The Hall–Kier alpha value is -1.81. The van der Waals surface area contributed by atoms with E-state index in [0.717, 1.165) is 18.0 Å². The van der Waals surface area contributed by atoms with Crippen LogP contribution in [-0.4, -0.2) is 23.4 Å². The molecule has 1 aromatic heterocycles. The van der Waals surface area contributed by atoms with Gasteiger partial charge in [-0.2, -0.15) is 5.10 Å². The van der Waals surface area contributed by atoms with E-state index in [9.17, 15) is 0 Å². The normalized spacial score (nSPS) is 12.4. The Morgan fingerprint density at radius 1 is 1.19 bits per heavy atom. The molecule has 0 bridgehead atoms. The number of aryl methyl sites for hydroxylation is 1. The van der Waals surface area contributed by atoms with Crippen LogP contribution in [0.1, 0.15) is 35.5 Å². The molecule has 0 aliphatic heterocycles. The maximum Gasteiger partial charge on any atom is 0.119 e. The largest absolute Gasteiger partial charge is 0.494 e. The van der Waals surface area contributed by atoms with E-state index in [-0.39, 0.29) is 6.04 Å². The molecule has 0 aliphatic rings. The third kappa shape index (κ3) is 3.45. The molecule has 4 heteroatoms. The fraction of sp³-hybridized carbons (Fsp3) is 0.471. The molecule has 21 heavy (non-hydrogen) atoms. The summed E-state index contributed by atoms with van der Waals surface area (Å²) in [5.74, 6) is 0.915. The van der Waals surface area contributed by atoms with Crippen LogP contribution in [0, 0.1) is 20.8 Å². The summed E-state index contributed by atoms with van der Waals surface area (Å²) in [5.41, 5.74) is 4.86. The average molecular weight is 287 g/mol. The van der Waals surface area contributed by atoms with Gasteiger partial charge in [0.05, 0.1) is 24.9 Å². The van der Waals surface area contributed by atoms with Gasteiger partial charge in [0.25, 0.3) is 0 Å². The van der Waals surface area contributed by atoms with E-state index in [0.29, 0.717) is 6.61 Å². The Morgan fingerprint density at radius 2 is 1.86 bits per heavy atom. The van der Waals surface area contributed by atoms with E-state index < -0.39 is 0 Å². The Labute approximate surface area is 127 Å². The van der Waals surface area contributed by atoms with E-state index in [1.165, 1.54) is 16.8 Å². The predicted molar refractivity (Wildman–Crippen MR) is 85.8 cm³/mol. The summed E-state index contributed by atoms with van der Waals surface area (Å²) < 4.78 is 7.58. The van der Waals surface area contributed by atoms with Gasteiger partial charge in [0, 0.05) is 5.69 Å². The number of hydrogen-bond donors (Lipinski definition) is 1. The molecular formula is C17H25N3O. The Morgan fingerprint density at radius 3 is 2.33 bits per heavy atom. The third-order valence-corrected chi connectivity index (χ3v) is 4.04. The molecule has 4 nitrogen and oxygen atoms in total. The number of hydrogen-bond acceptors (Lipinski definition) is 3. The molecule has 0 spiro atoms. The van der Waals surface area contributed by atoms with Crippen molar-refractivity contribution in [3.05, 3.63) is 46.8 Å². The topological polar surface area (TPSA) is 39.1 Å². The van der Waals surface area contributed by atoms with Crippen molar-refractivity contribution in [2.45, 2.75) is 40.3 Å². The molecule has 1 heterocycles. The van der Waals surface area contributed by atoms with Gasteiger partial charge in [-0.05, 0) is 58.0 Å². The molecule has 1 unspecified atom stereocenters. The minimum Gasteiger partial charge on any atom is -0.494 e. The second-order valence-corrected chi connectivity index (χ2v) is 5.32. The lowest BCUT2D eigenvalue weighted by Gasteiger charge is -2.18. The first-order valence-corrected chi connectivity index (χ1v) is 7.47. The number of nitrogens with one attached hydrogen (secondary N) is 1. The van der Waals surface area contributed by atoms with Gasteiger partial charge >= 0.3 is 0 Å². The van der Waals surface area contributed by atoms with Crippen molar-refractivity contribution in [3.63, 3.8) is 0 Å². The molecule has 1 atom stereocenters. The standard InChI is InChI=1S/C17H25N3O/c1-6-21-16-9-7-15(8-10-16)17(18-5)11-20-14(4)12(2)13(3)19-20/h7-10,17-18H,6,11H2,1-5H3. The minimum atomic E-state index is 0.234. The van der Waals surface area contributed by atoms with E-state index in [1.807, 2.05) is 26.1 Å². The average Bonchev–Trinajstić information content (AvgIpc) is 2.73. The number of benzene rings is 1. The van der Waals surface area contributed by atoms with E-state index in [4.69, 9.17) is 4.74 Å². The molecule has 1 N–H and O–H groups in total. The second kappa shape index (κ2) is 6.76. The zero-order valence-electron chi connectivity index (χ0n) is 13.6. The summed E-state index contributed by atoms with van der Waals surface area (Å²) in [5, 5.41) is 7.99. The zero-order chi connectivity index (χ0) is 15.4. The van der Waals surface area contributed by atoms with Crippen molar-refractivity contribution in [1.82, 2.24) is 15.1 Å². The molecule has 114 valence electrons. The SMILES string of the molecule is CCOc1ccc(C(Cn2nc(C)c(C)c2C)NC)cc1. The van der Waals surface area contributed by atoms with Crippen molar-refractivity contribution in [3.8, 4) is 5.75 Å². The summed E-state index contributed by atoms with van der Waals surface area (Å²) >= 11 is 0. The van der Waals surface area contributed by atoms with Crippen molar-refractivity contribution < 1.29 is 4.74 Å². The number of aromatic nitrogens is 2. The highest BCUT2D eigenvalue weighted by atomic mass is 16.5. The zero-order valence-corrected chi connectivity index (χ0v) is 13.6. The van der Waals surface area contributed by atoms with Crippen molar-refractivity contribution in [2.24, 2.45) is 0 Å². The van der Waals surface area contributed by atoms with Crippen LogP contribution < -0.4 is 10.1 Å². The highest BCUT2D eigenvalue weighted by Gasteiger charge is 2.14. The number of nitrogens with zero attached hydrogens (tertiary/aromatic N) is 2. The molecule has 2 aromatic rings. The number of rotatable bonds is 6. The molecular weight excluding hydrogens is 262 g/mol. The van der Waals surface area contributed by atoms with Gasteiger partial charge in [-0.15, -0.1) is 0 Å². The fourth-order valence-electron chi connectivity index (χ4n) is 2.46. The van der Waals surface area contributed by atoms with Crippen molar-refractivity contribution in [1.29, 1.82) is 0 Å². The van der Waals surface area contributed by atoms with Crippen LogP contribution >= 0.6 is 0 Å². The smallest absolute Gasteiger partial charge is 0.119 e. The first-order chi connectivity index (χ1) is 10.1. The minimum absolute atomic E-state index is 0.234. The lowest BCUT2D eigenvalue weighted by Crippen LogP contribution is -2.23. The summed E-state index contributed by atoms with van der Waals surface area (Å²) in [6.45, 7) is 9.82. The van der Waals surface area contributed by atoms with Gasteiger partial charge < -0.3 is 10.1 Å². The van der Waals surface area contributed by atoms with E-state index in [2.05, 4.69) is 48.0 Å². The van der Waals surface area contributed by atoms with Crippen LogP contribution in [0.3, 0.4) is 0 Å². The molecule has 0 saturated carbocycles. The van der Waals surface area contributed by atoms with Crippen molar-refractivity contribution >= 4 is 0 Å². The summed E-state index contributed by atoms with van der Waals surface area (Å²) in [7, 11) is 1.99. The highest BCUT2D eigenvalue weighted by molar-refractivity contribution is 5.29. The Kier molecular flexibility index (Phi) is 5.02. The van der Waals surface area contributed by atoms with Gasteiger partial charge in [-0.3, -0.25) is 4.68 Å². The molecule has 0 aliphatic carbocycles. The molecule has 2 rings (SSSR count). The van der Waals surface area contributed by atoms with Crippen LogP contribution in [-0.2, 0) is 6.54 Å². The molecule has 0 amide bonds. The summed E-state index contributed by atoms with van der Waals surface area (Å²) in [6.07, 6.45) is 0. The first-order valence-electron chi connectivity index (χ1n) is 7.47. The first kappa shape index (κ1) is 15.6. The maximum atomic E-state index is 5.49. The fourth-order valence-corrected chi connectivity index (χ4v) is 2.46. The van der Waals surface area contributed by atoms with Crippen LogP contribution in [0.2, 0.25) is 0 Å². The number of ether oxygens (including phenoxy) is 1. The molecule has 0 fully saturated rings. The van der Waals surface area contributed by atoms with E-state index >= 15 is 0 Å². The van der Waals surface area contributed by atoms with Crippen LogP contribution in [0.5, 0.6) is 5.75 Å². The monoisotopic (exact) mass is 287 g/mol. The number of likely N-dealkylation sites (N-methyl/N-ethyl adjacent to an activating group) is 1. The van der Waals surface area contributed by atoms with Gasteiger partial charge in [0.1, 0.15) is 5.75 Å². The molecule has 1 aromatic carbocycles. The molecule has 0 saturated heterocycles. The maximum absolute atomic E-state index is 5.49. The van der Waals surface area contributed by atoms with E-state index in [1.54, 1.807) is 0 Å². The van der Waals surface area contributed by atoms with Gasteiger partial charge in [-0.25, -0.2) is 0 Å². The van der Waals surface area contributed by atoms with Crippen LogP contribution in [0.15, 0.2) is 24.3 Å². The third-order valence-electron chi connectivity index (χ3n) is 4.04. The summed E-state index contributed by atoms with van der Waals surface area (Å²) in [4.78, 5) is 0. The van der Waals surface area contributed by atoms with Gasteiger partial charge in [0.2, 0.25) is 0 Å². The quantitative estimate of drug-likeness (QED) is 0.887. The lowest BCUT2D eigenvalue weighted by atomic mass is 10.1. The Bertz CT molecular complexity index is 587. The predicted octanol–water partition coefficient (Wildman–Crippen LogP) is 3.17. The molecule has 0 radical (unpaired) electrons. The van der Waals surface area contributed by atoms with Gasteiger partial charge in [0.15, 0.2) is 0 Å². The van der Waals surface area contributed by atoms with Gasteiger partial charge in [-0.1, -0.05) is 12.1 Å². The lowest BCUT2D eigenvalue weighted by molar-refractivity contribution is 0.340. The van der Waals surface area contributed by atoms with Crippen molar-refractivity contribution in [2.75, 3.05) is 13.7 Å². The Balaban J connectivity index is 2.17. The van der Waals surface area contributed by atoms with Crippen LogP contribution in [0.4, 0.5) is 0 Å². The highest BCUT2D eigenvalue weighted by Crippen LogP contribution is 2.21. The van der Waals surface area contributed by atoms with Crippen LogP contribution in [0.25, 0.3) is 0 Å². The summed E-state index contributed by atoms with van der Waals surface area (Å²) in [6, 6.07) is 8.51. The second-order valence-electron chi connectivity index (χ2n) is 5.32.